The monoisotopic (exact) mass is 304 g/mol. The number of benzene rings is 2. The molecule has 0 aliphatic heterocycles. The van der Waals surface area contributed by atoms with Gasteiger partial charge in [0.1, 0.15) is 0 Å². The van der Waals surface area contributed by atoms with Crippen LogP contribution in [0, 0.1) is 3.57 Å². The molecule has 3 rings (SSSR count). The Morgan fingerprint density at radius 3 is 2.20 bits per heavy atom. The van der Waals surface area contributed by atoms with Crippen LogP contribution in [0.15, 0.2) is 42.5 Å². The highest BCUT2D eigenvalue weighted by Crippen LogP contribution is 2.29. The quantitative estimate of drug-likeness (QED) is 0.583. The van der Waals surface area contributed by atoms with E-state index in [1.807, 2.05) is 0 Å². The number of rotatable bonds is 1. The first-order valence-electron chi connectivity index (χ1n) is 4.91. The average molecular weight is 304 g/mol. The lowest BCUT2D eigenvalue weighted by molar-refractivity contribution is 1.54. The van der Waals surface area contributed by atoms with Gasteiger partial charge in [0.15, 0.2) is 0 Å². The molecule has 0 aromatic heterocycles. The van der Waals surface area contributed by atoms with Crippen LogP contribution < -0.4 is 0 Å². The molecule has 0 bridgehead atoms. The van der Waals surface area contributed by atoms with Gasteiger partial charge in [-0.3, -0.25) is 0 Å². The van der Waals surface area contributed by atoms with Gasteiger partial charge in [-0.25, -0.2) is 0 Å². The maximum atomic E-state index is 2.35. The van der Waals surface area contributed by atoms with Crippen molar-refractivity contribution in [3.8, 4) is 11.1 Å². The Hall–Kier alpha value is -1.09. The molecule has 0 unspecified atom stereocenters. The van der Waals surface area contributed by atoms with Crippen LogP contribution >= 0.6 is 22.6 Å². The maximum absolute atomic E-state index is 2.35. The van der Waals surface area contributed by atoms with E-state index in [1.165, 1.54) is 25.8 Å². The van der Waals surface area contributed by atoms with E-state index in [-0.39, 0.29) is 0 Å². The third-order valence-corrected chi connectivity index (χ3v) is 3.36. The molecule has 1 heteroatoms. The van der Waals surface area contributed by atoms with Gasteiger partial charge in [0.05, 0.1) is 0 Å². The van der Waals surface area contributed by atoms with E-state index < -0.39 is 0 Å². The van der Waals surface area contributed by atoms with Crippen LogP contribution in [0.3, 0.4) is 0 Å². The molecule has 2 aromatic rings. The SMILES string of the molecule is Ic1cccc(-c2ccc3c(c2)C=C3)c1. The van der Waals surface area contributed by atoms with Crippen LogP contribution in [0.4, 0.5) is 0 Å². The standard InChI is InChI=1S/C14H9I/c15-14-3-1-2-11(9-14)13-7-5-10-4-6-12(10)8-13/h1-9H. The van der Waals surface area contributed by atoms with Crippen LogP contribution in [0.25, 0.3) is 23.3 Å². The molecule has 15 heavy (non-hydrogen) atoms. The first-order valence-corrected chi connectivity index (χ1v) is 5.99. The summed E-state index contributed by atoms with van der Waals surface area (Å²) in [4.78, 5) is 0. The molecular weight excluding hydrogens is 295 g/mol. The average Bonchev–Trinajstić information content (AvgIpc) is 2.20. The predicted octanol–water partition coefficient (Wildman–Crippen LogP) is 4.44. The van der Waals surface area contributed by atoms with E-state index in [4.69, 9.17) is 0 Å². The molecule has 0 saturated carbocycles. The van der Waals surface area contributed by atoms with Gasteiger partial charge in [-0.05, 0) is 63.0 Å². The number of hydrogen-bond acceptors (Lipinski definition) is 0. The lowest BCUT2D eigenvalue weighted by Crippen LogP contribution is -1.90. The third-order valence-electron chi connectivity index (χ3n) is 2.69. The van der Waals surface area contributed by atoms with Crippen molar-refractivity contribution >= 4 is 34.7 Å². The minimum absolute atomic E-state index is 1.28. The topological polar surface area (TPSA) is 0 Å². The van der Waals surface area contributed by atoms with E-state index in [2.05, 4.69) is 77.2 Å². The van der Waals surface area contributed by atoms with Crippen LogP contribution in [-0.4, -0.2) is 0 Å². The fraction of sp³-hybridized carbons (Fsp3) is 0. The van der Waals surface area contributed by atoms with Crippen molar-refractivity contribution in [1.82, 2.24) is 0 Å². The molecule has 1 aliphatic carbocycles. The van der Waals surface area contributed by atoms with Crippen LogP contribution in [0.1, 0.15) is 11.1 Å². The zero-order valence-electron chi connectivity index (χ0n) is 8.07. The van der Waals surface area contributed by atoms with Crippen molar-refractivity contribution in [3.63, 3.8) is 0 Å². The minimum atomic E-state index is 1.28. The fourth-order valence-electron chi connectivity index (χ4n) is 1.80. The molecule has 0 nitrogen and oxygen atoms in total. The van der Waals surface area contributed by atoms with E-state index in [0.29, 0.717) is 0 Å². The van der Waals surface area contributed by atoms with Gasteiger partial charge in [-0.2, -0.15) is 0 Å². The summed E-state index contributed by atoms with van der Waals surface area (Å²) in [6.07, 6.45) is 4.31. The van der Waals surface area contributed by atoms with Gasteiger partial charge in [0.25, 0.3) is 0 Å². The van der Waals surface area contributed by atoms with Gasteiger partial charge >= 0.3 is 0 Å². The van der Waals surface area contributed by atoms with Gasteiger partial charge < -0.3 is 0 Å². The summed E-state index contributed by atoms with van der Waals surface area (Å²) in [6.45, 7) is 0. The predicted molar refractivity (Wildman–Crippen MR) is 73.5 cm³/mol. The second-order valence-electron chi connectivity index (χ2n) is 3.69. The summed E-state index contributed by atoms with van der Waals surface area (Å²) >= 11 is 2.35. The highest BCUT2D eigenvalue weighted by atomic mass is 127. The Morgan fingerprint density at radius 1 is 0.733 bits per heavy atom. The minimum Gasteiger partial charge on any atom is -0.0606 e. The van der Waals surface area contributed by atoms with Crippen LogP contribution in [0.5, 0.6) is 0 Å². The fourth-order valence-corrected chi connectivity index (χ4v) is 2.34. The van der Waals surface area contributed by atoms with Crippen LogP contribution in [-0.2, 0) is 0 Å². The molecule has 72 valence electrons. The Labute approximate surface area is 103 Å². The Balaban J connectivity index is 2.10. The lowest BCUT2D eigenvalue weighted by atomic mass is 9.93. The van der Waals surface area contributed by atoms with Crippen molar-refractivity contribution in [2.45, 2.75) is 0 Å². The second-order valence-corrected chi connectivity index (χ2v) is 4.93. The van der Waals surface area contributed by atoms with Gasteiger partial charge in [0.2, 0.25) is 0 Å². The van der Waals surface area contributed by atoms with E-state index in [9.17, 15) is 0 Å². The molecule has 0 spiro atoms. The van der Waals surface area contributed by atoms with Gasteiger partial charge in [-0.15, -0.1) is 0 Å². The molecule has 0 fully saturated rings. The normalized spacial score (nSPS) is 12.1. The number of fused-ring (bicyclic) bond motifs is 1. The Kier molecular flexibility index (Phi) is 2.13. The summed E-state index contributed by atoms with van der Waals surface area (Å²) in [6, 6.07) is 15.2. The molecule has 0 radical (unpaired) electrons. The smallest absolute Gasteiger partial charge is 0.0136 e. The molecule has 0 N–H and O–H groups in total. The summed E-state index contributed by atoms with van der Waals surface area (Å²) in [7, 11) is 0. The lowest BCUT2D eigenvalue weighted by Gasteiger charge is -2.12. The van der Waals surface area contributed by atoms with E-state index in [0.717, 1.165) is 0 Å². The first-order chi connectivity index (χ1) is 7.33. The molecule has 0 amide bonds. The van der Waals surface area contributed by atoms with Crippen molar-refractivity contribution in [1.29, 1.82) is 0 Å². The highest BCUT2D eigenvalue weighted by Gasteiger charge is 2.06. The van der Waals surface area contributed by atoms with Crippen molar-refractivity contribution in [2.75, 3.05) is 0 Å². The van der Waals surface area contributed by atoms with Crippen molar-refractivity contribution in [3.05, 3.63) is 57.2 Å². The van der Waals surface area contributed by atoms with Crippen molar-refractivity contribution in [2.24, 2.45) is 0 Å². The summed E-state index contributed by atoms with van der Waals surface area (Å²) in [5.41, 5.74) is 5.30. The zero-order chi connectivity index (χ0) is 10.3. The maximum Gasteiger partial charge on any atom is 0.0136 e. The summed E-state index contributed by atoms with van der Waals surface area (Å²) in [5.74, 6) is 0. The zero-order valence-corrected chi connectivity index (χ0v) is 10.2. The number of halogens is 1. The molecule has 2 aromatic carbocycles. The Morgan fingerprint density at radius 2 is 1.53 bits per heavy atom. The van der Waals surface area contributed by atoms with E-state index >= 15 is 0 Å². The summed E-state index contributed by atoms with van der Waals surface area (Å²) in [5, 5.41) is 0. The molecule has 0 atom stereocenters. The second kappa shape index (κ2) is 3.49. The third kappa shape index (κ3) is 1.61. The molecule has 0 saturated heterocycles. The molecule has 0 heterocycles. The van der Waals surface area contributed by atoms with E-state index in [1.54, 1.807) is 0 Å². The largest absolute Gasteiger partial charge is 0.0606 e. The number of hydrogen-bond donors (Lipinski definition) is 0. The van der Waals surface area contributed by atoms with Gasteiger partial charge in [-0.1, -0.05) is 36.4 Å². The highest BCUT2D eigenvalue weighted by molar-refractivity contribution is 14.1. The molecule has 1 aliphatic rings. The summed E-state index contributed by atoms with van der Waals surface area (Å²) < 4.78 is 1.28. The first kappa shape index (κ1) is 9.16. The van der Waals surface area contributed by atoms with Crippen molar-refractivity contribution < 1.29 is 0 Å². The van der Waals surface area contributed by atoms with Crippen LogP contribution in [0.2, 0.25) is 0 Å². The van der Waals surface area contributed by atoms with Gasteiger partial charge in [0, 0.05) is 3.57 Å². The Bertz CT molecular complexity index is 553. The molecular formula is C14H9I.